The molecule has 0 unspecified atom stereocenters. The van der Waals surface area contributed by atoms with Crippen molar-refractivity contribution < 1.29 is 4.39 Å². The summed E-state index contributed by atoms with van der Waals surface area (Å²) in [6, 6.07) is 9.20. The molecule has 0 aliphatic rings. The Morgan fingerprint density at radius 2 is 1.96 bits per heavy atom. The highest BCUT2D eigenvalue weighted by Gasteiger charge is 2.07. The van der Waals surface area contributed by atoms with E-state index in [0.29, 0.717) is 23.8 Å². The second-order valence-electron chi connectivity index (χ2n) is 5.28. The number of fused-ring (bicyclic) bond motifs is 1. The van der Waals surface area contributed by atoms with E-state index in [4.69, 9.17) is 0 Å². The molecule has 23 heavy (non-hydrogen) atoms. The smallest absolute Gasteiger partial charge is 0.252 e. The minimum absolute atomic E-state index is 0.0719. The monoisotopic (exact) mass is 312 g/mol. The Bertz CT molecular complexity index is 874. The Balaban J connectivity index is 1.99. The Morgan fingerprint density at radius 1 is 1.17 bits per heavy atom. The molecule has 3 aromatic rings. The Kier molecular flexibility index (Phi) is 4.32. The predicted molar refractivity (Wildman–Crippen MR) is 88.4 cm³/mol. The summed E-state index contributed by atoms with van der Waals surface area (Å²) in [7, 11) is 0. The van der Waals surface area contributed by atoms with Crippen LogP contribution in [0, 0.1) is 5.82 Å². The lowest BCUT2D eigenvalue weighted by molar-refractivity contribution is 0.627. The fraction of sp³-hybridized carbons (Fsp3) is 0.235. The standard InChI is InChI=1S/C17H17FN4O/c1-2-3-10-22-15(23)9-4-12-11-19-17(21-16(12)22)20-14-7-5-13(18)6-8-14/h4-9,11H,2-3,10H2,1H3,(H,19,20,21). The largest absolute Gasteiger partial charge is 0.324 e. The molecule has 0 aliphatic heterocycles. The van der Waals surface area contributed by atoms with Crippen LogP contribution in [0.15, 0.2) is 47.4 Å². The molecule has 0 bridgehead atoms. The minimum atomic E-state index is -0.302. The Hall–Kier alpha value is -2.76. The lowest BCUT2D eigenvalue weighted by Gasteiger charge is -2.10. The molecule has 0 spiro atoms. The van der Waals surface area contributed by atoms with Crippen molar-refractivity contribution in [3.05, 3.63) is 58.8 Å². The number of hydrogen-bond acceptors (Lipinski definition) is 4. The van der Waals surface area contributed by atoms with E-state index in [2.05, 4.69) is 22.2 Å². The Labute approximate surface area is 132 Å². The highest BCUT2D eigenvalue weighted by molar-refractivity contribution is 5.75. The third-order valence-corrected chi connectivity index (χ3v) is 3.56. The van der Waals surface area contributed by atoms with Crippen molar-refractivity contribution in [2.75, 3.05) is 5.32 Å². The summed E-state index contributed by atoms with van der Waals surface area (Å²) in [5.74, 6) is 0.0725. The number of hydrogen-bond donors (Lipinski definition) is 1. The van der Waals surface area contributed by atoms with Crippen LogP contribution in [0.5, 0.6) is 0 Å². The molecule has 0 fully saturated rings. The third kappa shape index (κ3) is 3.36. The fourth-order valence-electron chi connectivity index (χ4n) is 2.33. The summed E-state index contributed by atoms with van der Waals surface area (Å²) in [6.07, 6.45) is 3.58. The number of unbranched alkanes of at least 4 members (excludes halogenated alkanes) is 1. The van der Waals surface area contributed by atoms with Crippen molar-refractivity contribution >= 4 is 22.7 Å². The number of pyridine rings is 1. The first-order chi connectivity index (χ1) is 11.2. The minimum Gasteiger partial charge on any atom is -0.324 e. The highest BCUT2D eigenvalue weighted by atomic mass is 19.1. The topological polar surface area (TPSA) is 59.8 Å². The second kappa shape index (κ2) is 6.56. The number of aryl methyl sites for hydroxylation is 1. The van der Waals surface area contributed by atoms with E-state index in [1.807, 2.05) is 0 Å². The molecule has 2 heterocycles. The summed E-state index contributed by atoms with van der Waals surface area (Å²) in [4.78, 5) is 20.8. The average Bonchev–Trinajstić information content (AvgIpc) is 2.56. The van der Waals surface area contributed by atoms with Gasteiger partial charge in [0.25, 0.3) is 5.56 Å². The second-order valence-corrected chi connectivity index (χ2v) is 5.28. The lowest BCUT2D eigenvalue weighted by atomic mass is 10.3. The van der Waals surface area contributed by atoms with E-state index in [0.717, 1.165) is 18.2 Å². The van der Waals surface area contributed by atoms with E-state index < -0.39 is 0 Å². The third-order valence-electron chi connectivity index (χ3n) is 3.56. The van der Waals surface area contributed by atoms with Gasteiger partial charge in [0.1, 0.15) is 11.5 Å². The van der Waals surface area contributed by atoms with Gasteiger partial charge in [-0.15, -0.1) is 0 Å². The van der Waals surface area contributed by atoms with Crippen molar-refractivity contribution in [1.29, 1.82) is 0 Å². The first-order valence-corrected chi connectivity index (χ1v) is 7.56. The van der Waals surface area contributed by atoms with Gasteiger partial charge in [-0.1, -0.05) is 13.3 Å². The SMILES string of the molecule is CCCCn1c(=O)ccc2cnc(Nc3ccc(F)cc3)nc21. The molecular weight excluding hydrogens is 295 g/mol. The van der Waals surface area contributed by atoms with Crippen LogP contribution < -0.4 is 10.9 Å². The number of anilines is 2. The van der Waals surface area contributed by atoms with E-state index >= 15 is 0 Å². The van der Waals surface area contributed by atoms with Crippen LogP contribution in [0.1, 0.15) is 19.8 Å². The maximum absolute atomic E-state index is 13.0. The van der Waals surface area contributed by atoms with Crippen molar-refractivity contribution in [1.82, 2.24) is 14.5 Å². The molecule has 5 nitrogen and oxygen atoms in total. The predicted octanol–water partition coefficient (Wildman–Crippen LogP) is 3.47. The molecule has 3 rings (SSSR count). The lowest BCUT2D eigenvalue weighted by Crippen LogP contribution is -2.20. The van der Waals surface area contributed by atoms with Gasteiger partial charge in [0, 0.05) is 29.9 Å². The number of rotatable bonds is 5. The summed E-state index contributed by atoms with van der Waals surface area (Å²) in [5.41, 5.74) is 1.21. The van der Waals surface area contributed by atoms with Gasteiger partial charge in [-0.3, -0.25) is 9.36 Å². The number of nitrogens with zero attached hydrogens (tertiary/aromatic N) is 3. The van der Waals surface area contributed by atoms with Gasteiger partial charge in [0.2, 0.25) is 5.95 Å². The summed E-state index contributed by atoms with van der Waals surface area (Å²) < 4.78 is 14.6. The zero-order valence-corrected chi connectivity index (χ0v) is 12.8. The molecule has 0 amide bonds. The molecule has 0 atom stereocenters. The van der Waals surface area contributed by atoms with Crippen LogP contribution in [0.2, 0.25) is 0 Å². The van der Waals surface area contributed by atoms with Crippen LogP contribution in [0.4, 0.5) is 16.0 Å². The van der Waals surface area contributed by atoms with E-state index in [9.17, 15) is 9.18 Å². The van der Waals surface area contributed by atoms with Gasteiger partial charge in [-0.05, 0) is 36.8 Å². The molecule has 0 radical (unpaired) electrons. The zero-order valence-electron chi connectivity index (χ0n) is 12.8. The van der Waals surface area contributed by atoms with Crippen molar-refractivity contribution in [2.45, 2.75) is 26.3 Å². The summed E-state index contributed by atoms with van der Waals surface area (Å²) >= 11 is 0. The first-order valence-electron chi connectivity index (χ1n) is 7.56. The summed E-state index contributed by atoms with van der Waals surface area (Å²) in [5, 5.41) is 3.83. The quantitative estimate of drug-likeness (QED) is 0.783. The van der Waals surface area contributed by atoms with E-state index in [-0.39, 0.29) is 11.4 Å². The molecule has 118 valence electrons. The molecule has 2 aromatic heterocycles. The molecule has 0 saturated carbocycles. The van der Waals surface area contributed by atoms with Crippen molar-refractivity contribution in [3.63, 3.8) is 0 Å². The molecular formula is C17H17FN4O. The average molecular weight is 312 g/mol. The van der Waals surface area contributed by atoms with Crippen molar-refractivity contribution in [2.24, 2.45) is 0 Å². The van der Waals surface area contributed by atoms with Crippen LogP contribution >= 0.6 is 0 Å². The van der Waals surface area contributed by atoms with E-state index in [1.165, 1.54) is 18.2 Å². The van der Waals surface area contributed by atoms with Gasteiger partial charge in [-0.2, -0.15) is 4.98 Å². The molecule has 0 aliphatic carbocycles. The van der Waals surface area contributed by atoms with Crippen LogP contribution in [-0.2, 0) is 6.54 Å². The highest BCUT2D eigenvalue weighted by Crippen LogP contribution is 2.16. The van der Waals surface area contributed by atoms with Crippen molar-refractivity contribution in [3.8, 4) is 0 Å². The van der Waals surface area contributed by atoms with Gasteiger partial charge in [0.05, 0.1) is 0 Å². The van der Waals surface area contributed by atoms with Gasteiger partial charge >= 0.3 is 0 Å². The number of nitrogens with one attached hydrogen (secondary N) is 1. The van der Waals surface area contributed by atoms with Gasteiger partial charge < -0.3 is 5.32 Å². The molecule has 0 saturated heterocycles. The maximum atomic E-state index is 13.0. The zero-order chi connectivity index (χ0) is 16.2. The first kappa shape index (κ1) is 15.1. The van der Waals surface area contributed by atoms with Gasteiger partial charge in [-0.25, -0.2) is 9.37 Å². The van der Waals surface area contributed by atoms with Crippen LogP contribution in [0.3, 0.4) is 0 Å². The number of halogens is 1. The normalized spacial score (nSPS) is 10.9. The Morgan fingerprint density at radius 3 is 2.70 bits per heavy atom. The molecule has 1 N–H and O–H groups in total. The number of aromatic nitrogens is 3. The number of benzene rings is 1. The van der Waals surface area contributed by atoms with Gasteiger partial charge in [0.15, 0.2) is 0 Å². The summed E-state index contributed by atoms with van der Waals surface area (Å²) in [6.45, 7) is 2.70. The molecule has 6 heteroatoms. The molecule has 1 aromatic carbocycles. The maximum Gasteiger partial charge on any atom is 0.252 e. The van der Waals surface area contributed by atoms with E-state index in [1.54, 1.807) is 29.0 Å². The fourth-order valence-corrected chi connectivity index (χ4v) is 2.33. The van der Waals surface area contributed by atoms with Crippen LogP contribution in [0.25, 0.3) is 11.0 Å². The van der Waals surface area contributed by atoms with Crippen LogP contribution in [-0.4, -0.2) is 14.5 Å².